The monoisotopic (exact) mass is 310 g/mol. The van der Waals surface area contributed by atoms with Crippen molar-refractivity contribution >= 4 is 11.9 Å². The van der Waals surface area contributed by atoms with Gasteiger partial charge in [0.15, 0.2) is 0 Å². The van der Waals surface area contributed by atoms with Gasteiger partial charge in [-0.15, -0.1) is 0 Å². The predicted octanol–water partition coefficient (Wildman–Crippen LogP) is 0.907. The highest BCUT2D eigenvalue weighted by molar-refractivity contribution is 5.66. The average Bonchev–Trinajstić information content (AvgIpc) is 2.44. The molecule has 0 unspecified atom stereocenters. The molecule has 0 aromatic carbocycles. The quantitative estimate of drug-likeness (QED) is 0.507. The van der Waals surface area contributed by atoms with Gasteiger partial charge in [0.2, 0.25) is 0 Å². The predicted molar refractivity (Wildman–Crippen MR) is 78.8 cm³/mol. The molecule has 0 rings (SSSR count). The van der Waals surface area contributed by atoms with Crippen molar-refractivity contribution in [2.24, 2.45) is 0 Å². The van der Waals surface area contributed by atoms with Crippen LogP contribution in [-0.4, -0.2) is 61.8 Å². The lowest BCUT2D eigenvalue weighted by Crippen LogP contribution is -2.04. The topological polar surface area (TPSA) is 102 Å². The SMILES string of the molecule is CC(=O)OCCCCOC(C)=O.CCOCC.OCCO. The third kappa shape index (κ3) is 45.5. The molecule has 0 saturated carbocycles. The molecule has 2 N–H and O–H groups in total. The largest absolute Gasteiger partial charge is 0.466 e. The van der Waals surface area contributed by atoms with Crippen molar-refractivity contribution in [1.82, 2.24) is 0 Å². The van der Waals surface area contributed by atoms with Gasteiger partial charge in [0.1, 0.15) is 0 Å². The lowest BCUT2D eigenvalue weighted by molar-refractivity contribution is -0.143. The summed E-state index contributed by atoms with van der Waals surface area (Å²) in [5.74, 6) is -0.551. The molecule has 7 nitrogen and oxygen atoms in total. The lowest BCUT2D eigenvalue weighted by Gasteiger charge is -2.01. The number of aliphatic hydroxyl groups excluding tert-OH is 2. The Kier molecular flexibility index (Phi) is 28.2. The average molecular weight is 310 g/mol. The Hall–Kier alpha value is -1.18. The summed E-state index contributed by atoms with van der Waals surface area (Å²) in [6.07, 6.45) is 1.46. The first-order valence-electron chi connectivity index (χ1n) is 7.02. The molecule has 21 heavy (non-hydrogen) atoms. The van der Waals surface area contributed by atoms with E-state index in [2.05, 4.69) is 9.47 Å². The second-order valence-electron chi connectivity index (χ2n) is 3.62. The maximum absolute atomic E-state index is 10.3. The molecular weight excluding hydrogens is 280 g/mol. The summed E-state index contributed by atoms with van der Waals surface area (Å²) in [5.41, 5.74) is 0. The molecule has 0 aromatic rings. The van der Waals surface area contributed by atoms with Crippen molar-refractivity contribution in [3.05, 3.63) is 0 Å². The number of esters is 2. The van der Waals surface area contributed by atoms with Crippen LogP contribution in [0.25, 0.3) is 0 Å². The van der Waals surface area contributed by atoms with Crippen LogP contribution in [0.1, 0.15) is 40.5 Å². The van der Waals surface area contributed by atoms with E-state index in [1.54, 1.807) is 0 Å². The van der Waals surface area contributed by atoms with Crippen LogP contribution >= 0.6 is 0 Å². The first-order valence-corrected chi connectivity index (χ1v) is 7.02. The summed E-state index contributed by atoms with van der Waals surface area (Å²) >= 11 is 0. The fourth-order valence-electron chi connectivity index (χ4n) is 0.840. The van der Waals surface area contributed by atoms with Crippen molar-refractivity contribution in [2.75, 3.05) is 39.6 Å². The van der Waals surface area contributed by atoms with Crippen molar-refractivity contribution in [3.63, 3.8) is 0 Å². The van der Waals surface area contributed by atoms with Crippen LogP contribution in [0, 0.1) is 0 Å². The van der Waals surface area contributed by atoms with Crippen LogP contribution in [0.2, 0.25) is 0 Å². The number of unbranched alkanes of at least 4 members (excludes halogenated alkanes) is 1. The Balaban J connectivity index is -0.000000297. The second kappa shape index (κ2) is 23.9. The molecule has 0 radical (unpaired) electrons. The summed E-state index contributed by atoms with van der Waals surface area (Å²) in [5, 5.41) is 15.2. The summed E-state index contributed by atoms with van der Waals surface area (Å²) in [7, 11) is 0. The van der Waals surface area contributed by atoms with Gasteiger partial charge in [-0.2, -0.15) is 0 Å². The number of carbonyl (C=O) groups is 2. The van der Waals surface area contributed by atoms with E-state index in [1.165, 1.54) is 13.8 Å². The molecule has 0 heterocycles. The van der Waals surface area contributed by atoms with Gasteiger partial charge < -0.3 is 24.4 Å². The molecule has 0 amide bonds. The van der Waals surface area contributed by atoms with Gasteiger partial charge in [-0.3, -0.25) is 9.59 Å². The minimum Gasteiger partial charge on any atom is -0.466 e. The van der Waals surface area contributed by atoms with E-state index < -0.39 is 0 Å². The third-order valence-electron chi connectivity index (χ3n) is 1.66. The Labute approximate surface area is 127 Å². The highest BCUT2D eigenvalue weighted by atomic mass is 16.5. The third-order valence-corrected chi connectivity index (χ3v) is 1.66. The molecular formula is C14H30O7. The maximum Gasteiger partial charge on any atom is 0.302 e. The number of ether oxygens (including phenoxy) is 3. The van der Waals surface area contributed by atoms with Crippen LogP contribution in [0.4, 0.5) is 0 Å². The number of hydrogen-bond donors (Lipinski definition) is 2. The molecule has 0 saturated heterocycles. The Morgan fingerprint density at radius 2 is 1.14 bits per heavy atom. The number of aliphatic hydroxyl groups is 2. The van der Waals surface area contributed by atoms with Crippen LogP contribution in [0.3, 0.4) is 0 Å². The second-order valence-corrected chi connectivity index (χ2v) is 3.62. The van der Waals surface area contributed by atoms with E-state index in [9.17, 15) is 9.59 Å². The van der Waals surface area contributed by atoms with E-state index in [4.69, 9.17) is 14.9 Å². The van der Waals surface area contributed by atoms with Crippen LogP contribution in [0.15, 0.2) is 0 Å². The molecule has 0 bridgehead atoms. The highest BCUT2D eigenvalue weighted by Crippen LogP contribution is 1.91. The molecule has 0 aliphatic carbocycles. The molecule has 0 aliphatic heterocycles. The summed E-state index contributed by atoms with van der Waals surface area (Å²) in [4.78, 5) is 20.6. The van der Waals surface area contributed by atoms with Gasteiger partial charge in [-0.25, -0.2) is 0 Å². The molecule has 7 heteroatoms. The number of hydrogen-bond acceptors (Lipinski definition) is 7. The van der Waals surface area contributed by atoms with Gasteiger partial charge in [-0.1, -0.05) is 0 Å². The van der Waals surface area contributed by atoms with Crippen LogP contribution in [-0.2, 0) is 23.8 Å². The molecule has 0 fully saturated rings. The zero-order chi connectivity index (χ0) is 16.9. The molecule has 0 atom stereocenters. The van der Waals surface area contributed by atoms with Crippen molar-refractivity contribution in [3.8, 4) is 0 Å². The molecule has 0 aliphatic rings. The smallest absolute Gasteiger partial charge is 0.302 e. The van der Waals surface area contributed by atoms with Crippen molar-refractivity contribution < 1.29 is 34.0 Å². The van der Waals surface area contributed by atoms with Crippen molar-refractivity contribution in [1.29, 1.82) is 0 Å². The normalized spacial score (nSPS) is 8.67. The summed E-state index contributed by atoms with van der Waals surface area (Å²) < 4.78 is 14.2. The van der Waals surface area contributed by atoms with Gasteiger partial charge in [0.25, 0.3) is 0 Å². The van der Waals surface area contributed by atoms with E-state index in [-0.39, 0.29) is 25.2 Å². The first kappa shape index (κ1) is 24.8. The molecule has 128 valence electrons. The fourth-order valence-corrected chi connectivity index (χ4v) is 0.840. The van der Waals surface area contributed by atoms with Crippen molar-refractivity contribution in [2.45, 2.75) is 40.5 Å². The Morgan fingerprint density at radius 1 is 0.810 bits per heavy atom. The van der Waals surface area contributed by atoms with Crippen LogP contribution < -0.4 is 0 Å². The van der Waals surface area contributed by atoms with E-state index >= 15 is 0 Å². The van der Waals surface area contributed by atoms with E-state index in [1.807, 2.05) is 13.8 Å². The van der Waals surface area contributed by atoms with E-state index in [0.717, 1.165) is 26.1 Å². The summed E-state index contributed by atoms with van der Waals surface area (Å²) in [6, 6.07) is 0. The van der Waals surface area contributed by atoms with Gasteiger partial charge in [-0.05, 0) is 26.7 Å². The fraction of sp³-hybridized carbons (Fsp3) is 0.857. The highest BCUT2D eigenvalue weighted by Gasteiger charge is 1.94. The zero-order valence-electron chi connectivity index (χ0n) is 13.6. The molecule has 0 aromatic heterocycles. The van der Waals surface area contributed by atoms with Gasteiger partial charge >= 0.3 is 11.9 Å². The Bertz CT molecular complexity index is 197. The Morgan fingerprint density at radius 3 is 1.29 bits per heavy atom. The summed E-state index contributed by atoms with van der Waals surface area (Å²) in [6.45, 7) is 8.95. The molecule has 0 spiro atoms. The maximum atomic E-state index is 10.3. The number of carbonyl (C=O) groups excluding carboxylic acids is 2. The van der Waals surface area contributed by atoms with Gasteiger partial charge in [0, 0.05) is 27.1 Å². The van der Waals surface area contributed by atoms with Crippen LogP contribution in [0.5, 0.6) is 0 Å². The van der Waals surface area contributed by atoms with Gasteiger partial charge in [0.05, 0.1) is 26.4 Å². The first-order chi connectivity index (χ1) is 9.95. The van der Waals surface area contributed by atoms with E-state index in [0.29, 0.717) is 13.2 Å². The number of rotatable bonds is 8. The minimum atomic E-state index is -0.275. The standard InChI is InChI=1S/C8H14O4.C4H10O.C2H6O2/c1-7(9)11-5-3-4-6-12-8(2)10;1-3-5-4-2;3-1-2-4/h3-6H2,1-2H3;3-4H2,1-2H3;3-4H,1-2H2. The lowest BCUT2D eigenvalue weighted by atomic mass is 10.3. The zero-order valence-corrected chi connectivity index (χ0v) is 13.6. The minimum absolute atomic E-state index is 0.125.